The lowest BCUT2D eigenvalue weighted by Gasteiger charge is -2.08. The second-order valence-corrected chi connectivity index (χ2v) is 3.35. The lowest BCUT2D eigenvalue weighted by molar-refractivity contribution is -0.119. The summed E-state index contributed by atoms with van der Waals surface area (Å²) in [6.07, 6.45) is 3.69. The molecule has 1 aromatic rings. The first kappa shape index (κ1) is 7.47. The third kappa shape index (κ3) is 0.951. The van der Waals surface area contributed by atoms with Crippen molar-refractivity contribution in [2.75, 3.05) is 0 Å². The summed E-state index contributed by atoms with van der Waals surface area (Å²) in [6.45, 7) is 1.65. The average molecular weight is 161 g/mol. The summed E-state index contributed by atoms with van der Waals surface area (Å²) in [5.74, 6) is 0.251. The van der Waals surface area contributed by atoms with E-state index in [9.17, 15) is 4.79 Å². The van der Waals surface area contributed by atoms with Crippen molar-refractivity contribution in [3.63, 3.8) is 0 Å². The largest absolute Gasteiger partial charge is 0.299 e. The maximum atomic E-state index is 11.3. The highest BCUT2D eigenvalue weighted by Gasteiger charge is 2.49. The molecule has 0 aromatic carbocycles. The molecule has 1 aliphatic rings. The first-order valence-corrected chi connectivity index (χ1v) is 4.18. The van der Waals surface area contributed by atoms with Gasteiger partial charge in [-0.15, -0.1) is 0 Å². The van der Waals surface area contributed by atoms with Gasteiger partial charge in [0, 0.05) is 6.20 Å². The standard InChI is InChI=1S/C10H11NO/c1-8(12)10(5-6-10)9-4-2-3-7-11-9/h2-4,7H,5-6H2,1H3. The highest BCUT2D eigenvalue weighted by Crippen LogP contribution is 2.47. The third-order valence-electron chi connectivity index (χ3n) is 2.58. The lowest BCUT2D eigenvalue weighted by Crippen LogP contribution is -2.18. The maximum absolute atomic E-state index is 11.3. The summed E-state index contributed by atoms with van der Waals surface area (Å²) in [6, 6.07) is 5.75. The Kier molecular flexibility index (Phi) is 1.50. The number of Topliss-reactive ketones (excluding diaryl/α,β-unsaturated/α-hetero) is 1. The minimum absolute atomic E-state index is 0.207. The van der Waals surface area contributed by atoms with Crippen LogP contribution in [-0.4, -0.2) is 10.8 Å². The fraction of sp³-hybridized carbons (Fsp3) is 0.400. The zero-order valence-electron chi connectivity index (χ0n) is 7.08. The van der Waals surface area contributed by atoms with E-state index >= 15 is 0 Å². The number of carbonyl (C=O) groups is 1. The second kappa shape index (κ2) is 2.41. The number of carbonyl (C=O) groups excluding carboxylic acids is 1. The summed E-state index contributed by atoms with van der Waals surface area (Å²) in [4.78, 5) is 15.5. The van der Waals surface area contributed by atoms with Gasteiger partial charge in [-0.3, -0.25) is 9.78 Å². The molecule has 1 aromatic heterocycles. The van der Waals surface area contributed by atoms with Gasteiger partial charge in [-0.25, -0.2) is 0 Å². The highest BCUT2D eigenvalue weighted by molar-refractivity contribution is 5.90. The Bertz CT molecular complexity index is 301. The third-order valence-corrected chi connectivity index (χ3v) is 2.58. The summed E-state index contributed by atoms with van der Waals surface area (Å²) < 4.78 is 0. The summed E-state index contributed by atoms with van der Waals surface area (Å²) in [7, 11) is 0. The summed E-state index contributed by atoms with van der Waals surface area (Å²) >= 11 is 0. The minimum atomic E-state index is -0.207. The van der Waals surface area contributed by atoms with Gasteiger partial charge in [-0.05, 0) is 31.9 Å². The zero-order valence-corrected chi connectivity index (χ0v) is 7.08. The monoisotopic (exact) mass is 161 g/mol. The van der Waals surface area contributed by atoms with Gasteiger partial charge in [0.1, 0.15) is 5.78 Å². The van der Waals surface area contributed by atoms with Crippen LogP contribution in [0.5, 0.6) is 0 Å². The predicted molar refractivity (Wildman–Crippen MR) is 45.8 cm³/mol. The Balaban J connectivity index is 2.37. The van der Waals surface area contributed by atoms with Crippen LogP contribution in [0.2, 0.25) is 0 Å². The van der Waals surface area contributed by atoms with Crippen LogP contribution in [0.4, 0.5) is 0 Å². The van der Waals surface area contributed by atoms with Gasteiger partial charge in [0.2, 0.25) is 0 Å². The molecule has 0 unspecified atom stereocenters. The molecule has 2 rings (SSSR count). The van der Waals surface area contributed by atoms with E-state index in [0.717, 1.165) is 18.5 Å². The Hall–Kier alpha value is -1.18. The van der Waals surface area contributed by atoms with Crippen LogP contribution in [0.3, 0.4) is 0 Å². The van der Waals surface area contributed by atoms with Crippen molar-refractivity contribution in [3.05, 3.63) is 30.1 Å². The van der Waals surface area contributed by atoms with Crippen LogP contribution in [0.15, 0.2) is 24.4 Å². The second-order valence-electron chi connectivity index (χ2n) is 3.35. The van der Waals surface area contributed by atoms with Crippen molar-refractivity contribution >= 4 is 5.78 Å². The molecule has 0 radical (unpaired) electrons. The number of rotatable bonds is 2. The number of hydrogen-bond acceptors (Lipinski definition) is 2. The molecular weight excluding hydrogens is 150 g/mol. The molecule has 0 spiro atoms. The molecule has 1 heterocycles. The van der Waals surface area contributed by atoms with Crippen LogP contribution < -0.4 is 0 Å². The van der Waals surface area contributed by atoms with Crippen LogP contribution >= 0.6 is 0 Å². The van der Waals surface area contributed by atoms with Crippen molar-refractivity contribution in [2.45, 2.75) is 25.2 Å². The maximum Gasteiger partial charge on any atom is 0.141 e. The van der Waals surface area contributed by atoms with E-state index in [1.807, 2.05) is 18.2 Å². The minimum Gasteiger partial charge on any atom is -0.299 e. The normalized spacial score (nSPS) is 18.8. The van der Waals surface area contributed by atoms with Crippen molar-refractivity contribution in [1.29, 1.82) is 0 Å². The van der Waals surface area contributed by atoms with E-state index in [1.54, 1.807) is 13.1 Å². The quantitative estimate of drug-likeness (QED) is 0.660. The molecule has 0 bridgehead atoms. The van der Waals surface area contributed by atoms with Gasteiger partial charge in [-0.1, -0.05) is 6.07 Å². The van der Waals surface area contributed by atoms with Crippen LogP contribution in [0.1, 0.15) is 25.5 Å². The summed E-state index contributed by atoms with van der Waals surface area (Å²) in [5.41, 5.74) is 0.735. The van der Waals surface area contributed by atoms with Gasteiger partial charge in [-0.2, -0.15) is 0 Å². The van der Waals surface area contributed by atoms with E-state index in [4.69, 9.17) is 0 Å². The summed E-state index contributed by atoms with van der Waals surface area (Å²) in [5, 5.41) is 0. The molecule has 0 atom stereocenters. The van der Waals surface area contributed by atoms with Crippen molar-refractivity contribution in [1.82, 2.24) is 4.98 Å². The number of pyridine rings is 1. The lowest BCUT2D eigenvalue weighted by atomic mass is 9.97. The van der Waals surface area contributed by atoms with E-state index in [-0.39, 0.29) is 11.2 Å². The van der Waals surface area contributed by atoms with Gasteiger partial charge in [0.25, 0.3) is 0 Å². The Morgan fingerprint density at radius 2 is 2.25 bits per heavy atom. The number of hydrogen-bond donors (Lipinski definition) is 0. The van der Waals surface area contributed by atoms with Gasteiger partial charge in [0.05, 0.1) is 11.1 Å². The SMILES string of the molecule is CC(=O)C1(c2ccccn2)CC1. The Morgan fingerprint density at radius 1 is 1.50 bits per heavy atom. The Labute approximate surface area is 71.6 Å². The molecule has 1 saturated carbocycles. The first-order valence-electron chi connectivity index (χ1n) is 4.18. The number of ketones is 1. The molecule has 0 amide bonds. The van der Waals surface area contributed by atoms with Crippen LogP contribution in [-0.2, 0) is 10.2 Å². The predicted octanol–water partition coefficient (Wildman–Crippen LogP) is 1.70. The fourth-order valence-corrected chi connectivity index (χ4v) is 1.56. The number of nitrogens with zero attached hydrogens (tertiary/aromatic N) is 1. The van der Waals surface area contributed by atoms with E-state index in [2.05, 4.69) is 4.98 Å². The van der Waals surface area contributed by atoms with Crippen molar-refractivity contribution in [2.24, 2.45) is 0 Å². The molecule has 2 nitrogen and oxygen atoms in total. The molecule has 2 heteroatoms. The van der Waals surface area contributed by atoms with Gasteiger partial charge < -0.3 is 0 Å². The van der Waals surface area contributed by atoms with Crippen molar-refractivity contribution in [3.8, 4) is 0 Å². The van der Waals surface area contributed by atoms with Gasteiger partial charge in [0.15, 0.2) is 0 Å². The van der Waals surface area contributed by atoms with E-state index < -0.39 is 0 Å². The first-order chi connectivity index (χ1) is 5.76. The Morgan fingerprint density at radius 3 is 2.67 bits per heavy atom. The molecule has 1 fully saturated rings. The molecular formula is C10H11NO. The number of aromatic nitrogens is 1. The zero-order chi connectivity index (χ0) is 8.60. The van der Waals surface area contributed by atoms with Crippen LogP contribution in [0.25, 0.3) is 0 Å². The average Bonchev–Trinajstić information content (AvgIpc) is 2.86. The topological polar surface area (TPSA) is 30.0 Å². The van der Waals surface area contributed by atoms with E-state index in [0.29, 0.717) is 0 Å². The molecule has 62 valence electrons. The fourth-order valence-electron chi connectivity index (χ4n) is 1.56. The molecule has 0 N–H and O–H groups in total. The van der Waals surface area contributed by atoms with E-state index in [1.165, 1.54) is 0 Å². The highest BCUT2D eigenvalue weighted by atomic mass is 16.1. The van der Waals surface area contributed by atoms with Gasteiger partial charge >= 0.3 is 0 Å². The molecule has 0 saturated heterocycles. The molecule has 1 aliphatic carbocycles. The molecule has 0 aliphatic heterocycles. The van der Waals surface area contributed by atoms with Crippen LogP contribution in [0, 0.1) is 0 Å². The smallest absolute Gasteiger partial charge is 0.141 e. The molecule has 12 heavy (non-hydrogen) atoms. The van der Waals surface area contributed by atoms with Crippen molar-refractivity contribution < 1.29 is 4.79 Å².